The molecule has 0 aliphatic heterocycles. The van der Waals surface area contributed by atoms with E-state index < -0.39 is 10.7 Å². The molecular formula is C4H5Cl2NO2. The van der Waals surface area contributed by atoms with Crippen molar-refractivity contribution in [2.45, 2.75) is 4.84 Å². The van der Waals surface area contributed by atoms with Crippen LogP contribution < -0.4 is 5.32 Å². The molecule has 0 aromatic heterocycles. The summed E-state index contributed by atoms with van der Waals surface area (Å²) in [5, 5.41) is 2.16. The molecule has 9 heavy (non-hydrogen) atoms. The molecule has 1 N–H and O–H groups in total. The number of alkyl halides is 2. The van der Waals surface area contributed by atoms with Gasteiger partial charge in [-0.3, -0.25) is 4.79 Å². The number of nitrogens with one attached hydrogen (secondary N) is 1. The van der Waals surface area contributed by atoms with Crippen LogP contribution in [0.5, 0.6) is 0 Å². The van der Waals surface area contributed by atoms with Gasteiger partial charge in [-0.05, 0) is 0 Å². The van der Waals surface area contributed by atoms with E-state index in [1.54, 1.807) is 0 Å². The number of aldehydes is 1. The lowest BCUT2D eigenvalue weighted by molar-refractivity contribution is -0.121. The number of amides is 1. The second-order valence-corrected chi connectivity index (χ2v) is 2.31. The summed E-state index contributed by atoms with van der Waals surface area (Å²) in [6.45, 7) is -0.0469. The van der Waals surface area contributed by atoms with E-state index in [1.165, 1.54) is 0 Å². The van der Waals surface area contributed by atoms with Gasteiger partial charge in [0, 0.05) is 0 Å². The number of hydrogen-bond acceptors (Lipinski definition) is 2. The Bertz CT molecular complexity index is 115. The molecule has 5 heteroatoms. The maximum absolute atomic E-state index is 10.4. The van der Waals surface area contributed by atoms with Crippen LogP contribution in [0.1, 0.15) is 0 Å². The molecule has 0 aromatic rings. The molecule has 0 fully saturated rings. The summed E-state index contributed by atoms with van der Waals surface area (Å²) < 4.78 is 0. The molecule has 0 unspecified atom stereocenters. The van der Waals surface area contributed by atoms with Gasteiger partial charge in [0.15, 0.2) is 4.84 Å². The molecule has 0 heterocycles. The van der Waals surface area contributed by atoms with Crippen molar-refractivity contribution < 1.29 is 9.59 Å². The highest BCUT2D eigenvalue weighted by molar-refractivity contribution is 6.53. The molecule has 0 aliphatic rings. The van der Waals surface area contributed by atoms with Crippen molar-refractivity contribution >= 4 is 35.4 Å². The van der Waals surface area contributed by atoms with Crippen molar-refractivity contribution in [3.05, 3.63) is 0 Å². The van der Waals surface area contributed by atoms with Crippen LogP contribution in [0.25, 0.3) is 0 Å². The van der Waals surface area contributed by atoms with Gasteiger partial charge in [0.05, 0.1) is 6.54 Å². The standard InChI is InChI=1S/C4H5Cl2NO2/c5-3(6)4(9)7-1-2-8/h2-3H,1H2,(H,7,9). The predicted octanol–water partition coefficient (Wildman–Crippen LogP) is 0.105. The Balaban J connectivity index is 3.38. The van der Waals surface area contributed by atoms with Crippen molar-refractivity contribution in [3.8, 4) is 0 Å². The van der Waals surface area contributed by atoms with Gasteiger partial charge in [-0.2, -0.15) is 0 Å². The van der Waals surface area contributed by atoms with E-state index in [4.69, 9.17) is 23.2 Å². The Labute approximate surface area is 62.3 Å². The van der Waals surface area contributed by atoms with Gasteiger partial charge in [0.2, 0.25) is 0 Å². The van der Waals surface area contributed by atoms with Crippen LogP contribution >= 0.6 is 23.2 Å². The summed E-state index contributed by atoms with van der Waals surface area (Å²) in [6, 6.07) is 0. The van der Waals surface area contributed by atoms with Gasteiger partial charge in [-0.15, -0.1) is 0 Å². The Hall–Kier alpha value is -0.280. The number of rotatable bonds is 3. The number of carbonyl (C=O) groups excluding carboxylic acids is 2. The van der Waals surface area contributed by atoms with Gasteiger partial charge < -0.3 is 10.1 Å². The molecule has 0 rings (SSSR count). The van der Waals surface area contributed by atoms with Crippen molar-refractivity contribution in [1.82, 2.24) is 5.32 Å². The SMILES string of the molecule is O=CCNC(=O)C(Cl)Cl. The van der Waals surface area contributed by atoms with E-state index in [2.05, 4.69) is 5.32 Å². The summed E-state index contributed by atoms with van der Waals surface area (Å²) in [6.07, 6.45) is 0.550. The lowest BCUT2D eigenvalue weighted by Crippen LogP contribution is -2.29. The molecular weight excluding hydrogens is 165 g/mol. The van der Waals surface area contributed by atoms with Crippen LogP contribution in [0.4, 0.5) is 0 Å². The topological polar surface area (TPSA) is 46.2 Å². The van der Waals surface area contributed by atoms with E-state index in [-0.39, 0.29) is 6.54 Å². The number of halogens is 2. The van der Waals surface area contributed by atoms with Gasteiger partial charge in [0.25, 0.3) is 5.91 Å². The molecule has 0 bridgehead atoms. The molecule has 0 saturated heterocycles. The summed E-state index contributed by atoms with van der Waals surface area (Å²) in [5.74, 6) is -0.551. The molecule has 3 nitrogen and oxygen atoms in total. The zero-order valence-corrected chi connectivity index (χ0v) is 5.95. The quantitative estimate of drug-likeness (QED) is 0.482. The highest BCUT2D eigenvalue weighted by atomic mass is 35.5. The zero-order chi connectivity index (χ0) is 7.28. The third-order valence-electron chi connectivity index (χ3n) is 0.558. The Morgan fingerprint density at radius 3 is 2.56 bits per heavy atom. The van der Waals surface area contributed by atoms with E-state index in [0.29, 0.717) is 6.29 Å². The van der Waals surface area contributed by atoms with Crippen molar-refractivity contribution in [2.75, 3.05) is 6.54 Å². The second kappa shape index (κ2) is 4.58. The molecule has 0 atom stereocenters. The molecule has 0 radical (unpaired) electrons. The number of hydrogen-bond donors (Lipinski definition) is 1. The maximum atomic E-state index is 10.4. The lowest BCUT2D eigenvalue weighted by atomic mass is 10.6. The molecule has 1 amide bonds. The summed E-state index contributed by atoms with van der Waals surface area (Å²) in [4.78, 5) is 18.9. The fraction of sp³-hybridized carbons (Fsp3) is 0.500. The first-order chi connectivity index (χ1) is 4.18. The van der Waals surface area contributed by atoms with Crippen LogP contribution in [-0.2, 0) is 9.59 Å². The third kappa shape index (κ3) is 4.24. The van der Waals surface area contributed by atoms with Gasteiger partial charge in [0.1, 0.15) is 6.29 Å². The van der Waals surface area contributed by atoms with E-state index in [9.17, 15) is 9.59 Å². The minimum absolute atomic E-state index is 0.0469. The Kier molecular flexibility index (Phi) is 4.44. The van der Waals surface area contributed by atoms with Crippen LogP contribution in [0.15, 0.2) is 0 Å². The summed E-state index contributed by atoms with van der Waals surface area (Å²) in [5.41, 5.74) is 0. The van der Waals surface area contributed by atoms with Gasteiger partial charge in [-0.1, -0.05) is 23.2 Å². The molecule has 0 aliphatic carbocycles. The van der Waals surface area contributed by atoms with E-state index in [1.807, 2.05) is 0 Å². The molecule has 0 aromatic carbocycles. The van der Waals surface area contributed by atoms with Crippen molar-refractivity contribution in [3.63, 3.8) is 0 Å². The number of carbonyl (C=O) groups is 2. The summed E-state index contributed by atoms with van der Waals surface area (Å²) in [7, 11) is 0. The largest absolute Gasteiger partial charge is 0.347 e. The summed E-state index contributed by atoms with van der Waals surface area (Å²) >= 11 is 10.2. The van der Waals surface area contributed by atoms with Gasteiger partial charge in [-0.25, -0.2) is 0 Å². The normalized spacial score (nSPS) is 9.22. The van der Waals surface area contributed by atoms with E-state index >= 15 is 0 Å². The van der Waals surface area contributed by atoms with Crippen LogP contribution in [0.3, 0.4) is 0 Å². The minimum atomic E-state index is -1.09. The first-order valence-electron chi connectivity index (χ1n) is 2.18. The van der Waals surface area contributed by atoms with Gasteiger partial charge >= 0.3 is 0 Å². The Morgan fingerprint density at radius 2 is 2.22 bits per heavy atom. The molecule has 0 saturated carbocycles. The average molecular weight is 170 g/mol. The van der Waals surface area contributed by atoms with Crippen LogP contribution in [-0.4, -0.2) is 23.6 Å². The highest BCUT2D eigenvalue weighted by Crippen LogP contribution is 1.99. The fourth-order valence-electron chi connectivity index (χ4n) is 0.219. The zero-order valence-electron chi connectivity index (χ0n) is 4.43. The first kappa shape index (κ1) is 8.72. The molecule has 0 spiro atoms. The first-order valence-corrected chi connectivity index (χ1v) is 3.05. The highest BCUT2D eigenvalue weighted by Gasteiger charge is 2.08. The third-order valence-corrected chi connectivity index (χ3v) is 0.954. The van der Waals surface area contributed by atoms with E-state index in [0.717, 1.165) is 0 Å². The minimum Gasteiger partial charge on any atom is -0.347 e. The Morgan fingerprint density at radius 1 is 1.67 bits per heavy atom. The lowest BCUT2D eigenvalue weighted by Gasteiger charge is -1.98. The average Bonchev–Trinajstić information content (AvgIpc) is 1.82. The van der Waals surface area contributed by atoms with Crippen LogP contribution in [0.2, 0.25) is 0 Å². The smallest absolute Gasteiger partial charge is 0.253 e. The second-order valence-electron chi connectivity index (χ2n) is 1.21. The molecule has 52 valence electrons. The van der Waals surface area contributed by atoms with Crippen molar-refractivity contribution in [1.29, 1.82) is 0 Å². The predicted molar refractivity (Wildman–Crippen MR) is 34.6 cm³/mol. The fourth-order valence-corrected chi connectivity index (χ4v) is 0.374. The monoisotopic (exact) mass is 169 g/mol. The maximum Gasteiger partial charge on any atom is 0.253 e. The van der Waals surface area contributed by atoms with Crippen molar-refractivity contribution in [2.24, 2.45) is 0 Å². The van der Waals surface area contributed by atoms with Crippen LogP contribution in [0, 0.1) is 0 Å².